The number of rotatable bonds is 2. The Bertz CT molecular complexity index is 560. The van der Waals surface area contributed by atoms with Crippen LogP contribution in [-0.4, -0.2) is 42.3 Å². The van der Waals surface area contributed by atoms with Gasteiger partial charge in [-0.3, -0.25) is 4.79 Å². The van der Waals surface area contributed by atoms with E-state index in [1.807, 2.05) is 23.1 Å². The fraction of sp³-hybridized carbons (Fsp3) is 0.611. The number of benzene rings is 1. The standard InChI is InChI=1S/C18H25NO4/c1-22-16-8-3-6-14-12-19(9-4-10-23-17(14)16)18(21)13-5-2-7-15(20)11-13/h3,6,8,13,15,20H,2,4-5,7,9-12H2,1H3/t13-,15+/m0/s1. The maximum absolute atomic E-state index is 12.9. The van der Waals surface area contributed by atoms with Crippen LogP contribution in [0.3, 0.4) is 0 Å². The number of carbonyl (C=O) groups excluding carboxylic acids is 1. The molecular formula is C18H25NO4. The van der Waals surface area contributed by atoms with Crippen LogP contribution in [0.25, 0.3) is 0 Å². The third kappa shape index (κ3) is 3.61. The largest absolute Gasteiger partial charge is 0.493 e. The molecule has 0 bridgehead atoms. The third-order valence-corrected chi connectivity index (χ3v) is 4.77. The summed E-state index contributed by atoms with van der Waals surface area (Å²) in [5.74, 6) is 1.58. The highest BCUT2D eigenvalue weighted by Gasteiger charge is 2.30. The molecule has 23 heavy (non-hydrogen) atoms. The molecule has 1 saturated carbocycles. The highest BCUT2D eigenvalue weighted by molar-refractivity contribution is 5.79. The molecule has 3 rings (SSSR count). The first-order chi connectivity index (χ1) is 11.2. The summed E-state index contributed by atoms with van der Waals surface area (Å²) < 4.78 is 11.2. The van der Waals surface area contributed by atoms with Crippen molar-refractivity contribution in [3.63, 3.8) is 0 Å². The number of ether oxygens (including phenoxy) is 2. The summed E-state index contributed by atoms with van der Waals surface area (Å²) in [4.78, 5) is 14.8. The maximum Gasteiger partial charge on any atom is 0.226 e. The Balaban J connectivity index is 1.79. The number of fused-ring (bicyclic) bond motifs is 1. The van der Waals surface area contributed by atoms with Crippen molar-refractivity contribution in [2.24, 2.45) is 5.92 Å². The van der Waals surface area contributed by atoms with Crippen molar-refractivity contribution in [2.75, 3.05) is 20.3 Å². The monoisotopic (exact) mass is 319 g/mol. The molecule has 126 valence electrons. The predicted molar refractivity (Wildman–Crippen MR) is 86.5 cm³/mol. The molecule has 0 radical (unpaired) electrons. The van der Waals surface area contributed by atoms with Gasteiger partial charge in [0.05, 0.1) is 19.8 Å². The Morgan fingerprint density at radius 1 is 1.35 bits per heavy atom. The maximum atomic E-state index is 12.9. The molecule has 0 unspecified atom stereocenters. The van der Waals surface area contributed by atoms with Crippen LogP contribution in [0.1, 0.15) is 37.7 Å². The van der Waals surface area contributed by atoms with Crippen molar-refractivity contribution in [3.05, 3.63) is 23.8 Å². The highest BCUT2D eigenvalue weighted by atomic mass is 16.5. The van der Waals surface area contributed by atoms with Crippen LogP contribution in [-0.2, 0) is 11.3 Å². The molecule has 1 heterocycles. The summed E-state index contributed by atoms with van der Waals surface area (Å²) in [5, 5.41) is 9.85. The molecule has 2 atom stereocenters. The number of carbonyl (C=O) groups is 1. The molecule has 5 heteroatoms. The van der Waals surface area contributed by atoms with E-state index in [1.165, 1.54) is 0 Å². The van der Waals surface area contributed by atoms with Crippen molar-refractivity contribution in [1.29, 1.82) is 0 Å². The van der Waals surface area contributed by atoms with Gasteiger partial charge in [0.2, 0.25) is 5.91 Å². The van der Waals surface area contributed by atoms with Gasteiger partial charge in [-0.05, 0) is 31.7 Å². The van der Waals surface area contributed by atoms with Gasteiger partial charge in [0.15, 0.2) is 11.5 Å². The zero-order chi connectivity index (χ0) is 16.2. The van der Waals surface area contributed by atoms with Crippen molar-refractivity contribution < 1.29 is 19.4 Å². The number of methoxy groups -OCH3 is 1. The molecule has 0 spiro atoms. The van der Waals surface area contributed by atoms with E-state index in [0.717, 1.165) is 37.0 Å². The lowest BCUT2D eigenvalue weighted by molar-refractivity contribution is -0.138. The molecule has 2 aliphatic rings. The minimum absolute atomic E-state index is 0.0480. The zero-order valence-electron chi connectivity index (χ0n) is 13.7. The fourth-order valence-corrected chi connectivity index (χ4v) is 3.56. The predicted octanol–water partition coefficient (Wildman–Crippen LogP) is 2.36. The van der Waals surface area contributed by atoms with E-state index in [2.05, 4.69) is 0 Å². The summed E-state index contributed by atoms with van der Waals surface area (Å²) in [6.07, 6.45) is 3.70. The number of aliphatic hydroxyl groups is 1. The van der Waals surface area contributed by atoms with E-state index in [4.69, 9.17) is 9.47 Å². The quantitative estimate of drug-likeness (QED) is 0.909. The average molecular weight is 319 g/mol. The van der Waals surface area contributed by atoms with Gasteiger partial charge < -0.3 is 19.5 Å². The van der Waals surface area contributed by atoms with Gasteiger partial charge in [-0.2, -0.15) is 0 Å². The molecule has 1 aromatic carbocycles. The van der Waals surface area contributed by atoms with E-state index < -0.39 is 0 Å². The summed E-state index contributed by atoms with van der Waals surface area (Å²) in [6.45, 7) is 1.81. The van der Waals surface area contributed by atoms with Gasteiger partial charge in [-0.1, -0.05) is 18.6 Å². The molecule has 1 fully saturated rings. The number of aliphatic hydroxyl groups excluding tert-OH is 1. The van der Waals surface area contributed by atoms with Crippen LogP contribution >= 0.6 is 0 Å². The fourth-order valence-electron chi connectivity index (χ4n) is 3.56. The molecule has 1 N–H and O–H groups in total. The van der Waals surface area contributed by atoms with Crippen LogP contribution in [0.5, 0.6) is 11.5 Å². The van der Waals surface area contributed by atoms with Crippen LogP contribution in [0.2, 0.25) is 0 Å². The minimum Gasteiger partial charge on any atom is -0.493 e. The zero-order valence-corrected chi connectivity index (χ0v) is 13.7. The Morgan fingerprint density at radius 3 is 3.00 bits per heavy atom. The van der Waals surface area contributed by atoms with Crippen molar-refractivity contribution >= 4 is 5.91 Å². The molecule has 1 aromatic rings. The van der Waals surface area contributed by atoms with Gasteiger partial charge >= 0.3 is 0 Å². The summed E-state index contributed by atoms with van der Waals surface area (Å²) >= 11 is 0. The lowest BCUT2D eigenvalue weighted by Gasteiger charge is -2.32. The van der Waals surface area contributed by atoms with Gasteiger partial charge in [0, 0.05) is 24.6 Å². The van der Waals surface area contributed by atoms with E-state index in [0.29, 0.717) is 31.9 Å². The highest BCUT2D eigenvalue weighted by Crippen LogP contribution is 2.34. The van der Waals surface area contributed by atoms with Gasteiger partial charge in [0.25, 0.3) is 0 Å². The molecule has 5 nitrogen and oxygen atoms in total. The second-order valence-corrected chi connectivity index (χ2v) is 6.43. The van der Waals surface area contributed by atoms with Crippen LogP contribution in [0, 0.1) is 5.92 Å². The van der Waals surface area contributed by atoms with Gasteiger partial charge in [0.1, 0.15) is 0 Å². The molecule has 1 aliphatic carbocycles. The Labute approximate surface area is 137 Å². The van der Waals surface area contributed by atoms with Gasteiger partial charge in [-0.15, -0.1) is 0 Å². The van der Waals surface area contributed by atoms with E-state index in [1.54, 1.807) is 7.11 Å². The SMILES string of the molecule is COc1cccc2c1OCCCN(C(=O)[C@H]1CCC[C@@H](O)C1)C2. The van der Waals surface area contributed by atoms with E-state index >= 15 is 0 Å². The Kier molecular flexibility index (Phi) is 5.06. The first-order valence-corrected chi connectivity index (χ1v) is 8.44. The molecule has 1 aliphatic heterocycles. The lowest BCUT2D eigenvalue weighted by atomic mass is 9.86. The Morgan fingerprint density at radius 2 is 2.22 bits per heavy atom. The van der Waals surface area contributed by atoms with E-state index in [9.17, 15) is 9.90 Å². The Hall–Kier alpha value is -1.75. The smallest absolute Gasteiger partial charge is 0.226 e. The summed E-state index contributed by atoms with van der Waals surface area (Å²) in [5.41, 5.74) is 0.980. The topological polar surface area (TPSA) is 59.0 Å². The molecule has 0 aromatic heterocycles. The van der Waals surface area contributed by atoms with Gasteiger partial charge in [-0.25, -0.2) is 0 Å². The molecular weight excluding hydrogens is 294 g/mol. The minimum atomic E-state index is -0.330. The average Bonchev–Trinajstić information content (AvgIpc) is 2.54. The van der Waals surface area contributed by atoms with Crippen LogP contribution in [0.15, 0.2) is 18.2 Å². The van der Waals surface area contributed by atoms with Crippen LogP contribution in [0.4, 0.5) is 0 Å². The van der Waals surface area contributed by atoms with E-state index in [-0.39, 0.29) is 17.9 Å². The number of hydrogen-bond donors (Lipinski definition) is 1. The van der Waals surface area contributed by atoms with Crippen molar-refractivity contribution in [2.45, 2.75) is 44.8 Å². The van der Waals surface area contributed by atoms with Crippen molar-refractivity contribution in [1.82, 2.24) is 4.90 Å². The second kappa shape index (κ2) is 7.21. The normalized spacial score (nSPS) is 24.9. The third-order valence-electron chi connectivity index (χ3n) is 4.77. The first kappa shape index (κ1) is 16.1. The summed E-state index contributed by atoms with van der Waals surface area (Å²) in [7, 11) is 1.63. The number of para-hydroxylation sites is 1. The molecule has 1 amide bonds. The second-order valence-electron chi connectivity index (χ2n) is 6.43. The molecule has 0 saturated heterocycles. The number of hydrogen-bond acceptors (Lipinski definition) is 4. The number of nitrogens with zero attached hydrogens (tertiary/aromatic N) is 1. The van der Waals surface area contributed by atoms with Crippen molar-refractivity contribution in [3.8, 4) is 11.5 Å². The number of amides is 1. The first-order valence-electron chi connectivity index (χ1n) is 8.44. The van der Waals surface area contributed by atoms with Crippen LogP contribution < -0.4 is 9.47 Å². The summed E-state index contributed by atoms with van der Waals surface area (Å²) in [6, 6.07) is 5.79. The lowest BCUT2D eigenvalue weighted by Crippen LogP contribution is -2.40.